The molecular formula is C17H19FN2OS. The van der Waals surface area contributed by atoms with Crippen molar-refractivity contribution in [2.45, 2.75) is 28.7 Å². The molecule has 5 heteroatoms. The van der Waals surface area contributed by atoms with Crippen LogP contribution >= 0.6 is 0 Å². The van der Waals surface area contributed by atoms with Gasteiger partial charge in [0.25, 0.3) is 0 Å². The molecule has 1 aliphatic heterocycles. The number of nitrogens with one attached hydrogen (secondary N) is 2. The molecule has 116 valence electrons. The van der Waals surface area contributed by atoms with Gasteiger partial charge in [0.1, 0.15) is 5.82 Å². The fraction of sp³-hybridized carbons (Fsp3) is 0.294. The summed E-state index contributed by atoms with van der Waals surface area (Å²) in [6.45, 7) is 2.09. The van der Waals surface area contributed by atoms with Gasteiger partial charge in [-0.15, -0.1) is 0 Å². The Labute approximate surface area is 132 Å². The highest BCUT2D eigenvalue weighted by Crippen LogP contribution is 2.20. The number of hydrogen-bond acceptors (Lipinski definition) is 3. The van der Waals surface area contributed by atoms with Crippen molar-refractivity contribution in [2.75, 3.05) is 18.4 Å². The first-order chi connectivity index (χ1) is 10.7. The van der Waals surface area contributed by atoms with E-state index in [-0.39, 0.29) is 5.82 Å². The Kier molecular flexibility index (Phi) is 4.85. The van der Waals surface area contributed by atoms with Crippen molar-refractivity contribution in [2.24, 2.45) is 0 Å². The van der Waals surface area contributed by atoms with Crippen molar-refractivity contribution in [3.63, 3.8) is 0 Å². The smallest absolute Gasteiger partial charge is 0.123 e. The first-order valence-electron chi connectivity index (χ1n) is 7.47. The molecule has 0 saturated carbocycles. The Morgan fingerprint density at radius 1 is 0.955 bits per heavy atom. The highest BCUT2D eigenvalue weighted by Gasteiger charge is 2.13. The molecule has 0 aliphatic carbocycles. The average Bonchev–Trinajstić information content (AvgIpc) is 2.57. The number of anilines is 1. The molecule has 3 nitrogen and oxygen atoms in total. The third kappa shape index (κ3) is 3.72. The van der Waals surface area contributed by atoms with E-state index in [0.717, 1.165) is 36.5 Å². The van der Waals surface area contributed by atoms with Crippen LogP contribution in [-0.2, 0) is 10.8 Å². The first kappa shape index (κ1) is 15.2. The van der Waals surface area contributed by atoms with Crippen LogP contribution in [-0.4, -0.2) is 23.3 Å². The van der Waals surface area contributed by atoms with Crippen molar-refractivity contribution in [3.05, 3.63) is 54.3 Å². The van der Waals surface area contributed by atoms with E-state index >= 15 is 0 Å². The zero-order valence-electron chi connectivity index (χ0n) is 12.2. The summed E-state index contributed by atoms with van der Waals surface area (Å²) < 4.78 is 25.3. The maximum absolute atomic E-state index is 12.9. The Bertz CT molecular complexity index is 637. The lowest BCUT2D eigenvalue weighted by molar-refractivity contribution is 0.479. The Morgan fingerprint density at radius 3 is 2.09 bits per heavy atom. The highest BCUT2D eigenvalue weighted by molar-refractivity contribution is 7.85. The molecule has 22 heavy (non-hydrogen) atoms. The fourth-order valence-corrected chi connectivity index (χ4v) is 3.61. The molecule has 2 N–H and O–H groups in total. The van der Waals surface area contributed by atoms with Gasteiger partial charge in [-0.1, -0.05) is 0 Å². The molecular weight excluding hydrogens is 299 g/mol. The van der Waals surface area contributed by atoms with Gasteiger partial charge in [0.2, 0.25) is 0 Å². The molecule has 2 aromatic rings. The van der Waals surface area contributed by atoms with Crippen LogP contribution in [0, 0.1) is 5.82 Å². The number of benzene rings is 2. The van der Waals surface area contributed by atoms with Crippen LogP contribution in [0.3, 0.4) is 0 Å². The van der Waals surface area contributed by atoms with Crippen molar-refractivity contribution in [1.29, 1.82) is 0 Å². The second-order valence-electron chi connectivity index (χ2n) is 5.42. The highest BCUT2D eigenvalue weighted by atomic mass is 32.2. The van der Waals surface area contributed by atoms with Gasteiger partial charge in [0.15, 0.2) is 0 Å². The summed E-state index contributed by atoms with van der Waals surface area (Å²) in [5.74, 6) is -0.317. The van der Waals surface area contributed by atoms with Gasteiger partial charge in [-0.25, -0.2) is 8.60 Å². The van der Waals surface area contributed by atoms with E-state index < -0.39 is 10.8 Å². The predicted octanol–water partition coefficient (Wildman–Crippen LogP) is 3.16. The maximum atomic E-state index is 12.9. The second kappa shape index (κ2) is 7.03. The molecule has 1 aliphatic rings. The Hall–Kier alpha value is -1.72. The van der Waals surface area contributed by atoms with Crippen LogP contribution in [0.4, 0.5) is 10.1 Å². The van der Waals surface area contributed by atoms with Crippen LogP contribution in [0.5, 0.6) is 0 Å². The minimum Gasteiger partial charge on any atom is -0.382 e. The number of hydrogen-bond donors (Lipinski definition) is 2. The topological polar surface area (TPSA) is 41.1 Å². The van der Waals surface area contributed by atoms with E-state index in [1.807, 2.05) is 24.3 Å². The Morgan fingerprint density at radius 2 is 1.50 bits per heavy atom. The molecule has 1 fully saturated rings. The molecule has 0 bridgehead atoms. The molecule has 2 aromatic carbocycles. The van der Waals surface area contributed by atoms with E-state index in [9.17, 15) is 8.60 Å². The summed E-state index contributed by atoms with van der Waals surface area (Å²) in [4.78, 5) is 1.34. The summed E-state index contributed by atoms with van der Waals surface area (Å²) in [5.41, 5.74) is 1.05. The largest absolute Gasteiger partial charge is 0.382 e. The molecule has 1 heterocycles. The van der Waals surface area contributed by atoms with Crippen molar-refractivity contribution >= 4 is 16.5 Å². The van der Waals surface area contributed by atoms with Gasteiger partial charge in [-0.3, -0.25) is 0 Å². The van der Waals surface area contributed by atoms with E-state index in [1.165, 1.54) is 12.1 Å². The minimum absolute atomic E-state index is 0.317. The van der Waals surface area contributed by atoms with Crippen LogP contribution < -0.4 is 10.6 Å². The molecule has 1 atom stereocenters. The lowest BCUT2D eigenvalue weighted by Gasteiger charge is -2.24. The minimum atomic E-state index is -1.27. The molecule has 0 spiro atoms. The number of halogens is 1. The number of rotatable bonds is 4. The van der Waals surface area contributed by atoms with Gasteiger partial charge in [-0.2, -0.15) is 0 Å². The van der Waals surface area contributed by atoms with Crippen molar-refractivity contribution < 1.29 is 8.60 Å². The van der Waals surface area contributed by atoms with Gasteiger partial charge in [0.05, 0.1) is 10.8 Å². The quantitative estimate of drug-likeness (QED) is 0.910. The first-order valence-corrected chi connectivity index (χ1v) is 8.62. The van der Waals surface area contributed by atoms with Crippen LogP contribution in [0.1, 0.15) is 12.8 Å². The lowest BCUT2D eigenvalue weighted by Crippen LogP contribution is -2.35. The van der Waals surface area contributed by atoms with E-state index in [0.29, 0.717) is 10.9 Å². The zero-order valence-corrected chi connectivity index (χ0v) is 13.0. The molecule has 0 aromatic heterocycles. The summed E-state index contributed by atoms with van der Waals surface area (Å²) in [7, 11) is -1.27. The normalized spacial score (nSPS) is 17.1. The van der Waals surface area contributed by atoms with Crippen molar-refractivity contribution in [1.82, 2.24) is 5.32 Å². The lowest BCUT2D eigenvalue weighted by atomic mass is 10.1. The van der Waals surface area contributed by atoms with Crippen LogP contribution in [0.15, 0.2) is 58.3 Å². The maximum Gasteiger partial charge on any atom is 0.123 e. The standard InChI is InChI=1S/C17H19FN2OS/c18-13-1-5-16(6-2-13)22(21)17-7-3-14(4-8-17)20-15-9-11-19-12-10-15/h1-8,15,19-20H,9-12H2. The van der Waals surface area contributed by atoms with Gasteiger partial charge in [-0.05, 0) is 74.5 Å². The molecule has 0 radical (unpaired) electrons. The van der Waals surface area contributed by atoms with E-state index in [1.54, 1.807) is 12.1 Å². The Balaban J connectivity index is 1.68. The number of piperidine rings is 1. The predicted molar refractivity (Wildman–Crippen MR) is 87.0 cm³/mol. The van der Waals surface area contributed by atoms with Gasteiger partial charge >= 0.3 is 0 Å². The summed E-state index contributed by atoms with van der Waals surface area (Å²) in [6.07, 6.45) is 2.23. The third-order valence-electron chi connectivity index (χ3n) is 3.81. The van der Waals surface area contributed by atoms with Crippen LogP contribution in [0.2, 0.25) is 0 Å². The van der Waals surface area contributed by atoms with Crippen molar-refractivity contribution in [3.8, 4) is 0 Å². The van der Waals surface area contributed by atoms with Gasteiger partial charge < -0.3 is 10.6 Å². The summed E-state index contributed by atoms with van der Waals surface area (Å²) >= 11 is 0. The zero-order chi connectivity index (χ0) is 15.4. The monoisotopic (exact) mass is 318 g/mol. The molecule has 0 amide bonds. The second-order valence-corrected chi connectivity index (χ2v) is 6.90. The molecule has 1 unspecified atom stereocenters. The summed E-state index contributed by atoms with van der Waals surface area (Å²) in [6, 6.07) is 13.9. The van der Waals surface area contributed by atoms with E-state index in [4.69, 9.17) is 0 Å². The SMILES string of the molecule is O=S(c1ccc(F)cc1)c1ccc(NC2CCNCC2)cc1. The fourth-order valence-electron chi connectivity index (χ4n) is 2.57. The average molecular weight is 318 g/mol. The van der Waals surface area contributed by atoms with E-state index in [2.05, 4.69) is 10.6 Å². The van der Waals surface area contributed by atoms with Crippen LogP contribution in [0.25, 0.3) is 0 Å². The van der Waals surface area contributed by atoms with Gasteiger partial charge in [0, 0.05) is 21.5 Å². The molecule has 3 rings (SSSR count). The summed E-state index contributed by atoms with van der Waals surface area (Å²) in [5, 5.41) is 6.85. The third-order valence-corrected chi connectivity index (χ3v) is 5.21. The molecule has 1 saturated heterocycles.